The molecule has 0 saturated heterocycles. The van der Waals surface area contributed by atoms with Crippen LogP contribution >= 0.6 is 21.6 Å². The minimum absolute atomic E-state index is 0.267. The van der Waals surface area contributed by atoms with Crippen molar-refractivity contribution in [3.05, 3.63) is 0 Å². The number of aliphatic imine (C=N–C) groups is 1. The minimum atomic E-state index is -0.334. The van der Waals surface area contributed by atoms with E-state index in [0.717, 1.165) is 18.1 Å². The summed E-state index contributed by atoms with van der Waals surface area (Å²) in [7, 11) is 3.49. The second-order valence-electron chi connectivity index (χ2n) is 2.68. The molecule has 82 valence electrons. The van der Waals surface area contributed by atoms with Crippen LogP contribution in [0.15, 0.2) is 4.99 Å². The number of carbonyl (C=O) groups is 1. The van der Waals surface area contributed by atoms with E-state index < -0.39 is 0 Å². The third-order valence-corrected chi connectivity index (χ3v) is 3.78. The van der Waals surface area contributed by atoms with Gasteiger partial charge in [-0.05, 0) is 6.92 Å². The van der Waals surface area contributed by atoms with Crippen LogP contribution in [0.1, 0.15) is 6.92 Å². The lowest BCUT2D eigenvalue weighted by Gasteiger charge is -1.98. The number of primary amides is 1. The molecule has 0 aliphatic heterocycles. The first-order chi connectivity index (χ1) is 6.68. The lowest BCUT2D eigenvalue weighted by atomic mass is 10.2. The molecule has 0 aromatic heterocycles. The predicted molar refractivity (Wildman–Crippen MR) is 65.7 cm³/mol. The van der Waals surface area contributed by atoms with Gasteiger partial charge in [-0.2, -0.15) is 0 Å². The van der Waals surface area contributed by atoms with E-state index >= 15 is 0 Å². The fraction of sp³-hybridized carbons (Fsp3) is 0.750. The Balaban J connectivity index is 3.31. The third kappa shape index (κ3) is 8.40. The van der Waals surface area contributed by atoms with Gasteiger partial charge in [-0.1, -0.05) is 21.6 Å². The second kappa shape index (κ2) is 9.36. The summed E-state index contributed by atoms with van der Waals surface area (Å²) in [5.74, 6) is 1.30. The van der Waals surface area contributed by atoms with Gasteiger partial charge in [-0.3, -0.25) is 9.79 Å². The molecule has 6 heteroatoms. The lowest BCUT2D eigenvalue weighted by Crippen LogP contribution is -2.21. The molecule has 0 radical (unpaired) electrons. The van der Waals surface area contributed by atoms with E-state index in [1.165, 1.54) is 0 Å². The van der Waals surface area contributed by atoms with Gasteiger partial charge in [0.2, 0.25) is 5.91 Å². The molecular formula is C8H17N3OS2. The van der Waals surface area contributed by atoms with Gasteiger partial charge in [0.25, 0.3) is 0 Å². The van der Waals surface area contributed by atoms with Crippen LogP contribution in [0.4, 0.5) is 0 Å². The molecule has 0 heterocycles. The maximum atomic E-state index is 10.6. The highest BCUT2D eigenvalue weighted by Crippen LogP contribution is 2.19. The molecule has 14 heavy (non-hydrogen) atoms. The molecule has 0 fully saturated rings. The Morgan fingerprint density at radius 1 is 1.50 bits per heavy atom. The number of nitrogens with zero attached hydrogens (tertiary/aromatic N) is 1. The predicted octanol–water partition coefficient (Wildman–Crippen LogP) is 0.519. The summed E-state index contributed by atoms with van der Waals surface area (Å²) in [4.78, 5) is 14.7. The summed E-state index contributed by atoms with van der Waals surface area (Å²) >= 11 is 0. The van der Waals surface area contributed by atoms with Crippen LogP contribution in [-0.4, -0.2) is 36.7 Å². The number of amides is 1. The molecule has 4 N–H and O–H groups in total. The summed E-state index contributed by atoms with van der Waals surface area (Å²) in [6, 6.07) is 0. The number of rotatable bonds is 8. The number of hydrogen-bond donors (Lipinski definition) is 2. The van der Waals surface area contributed by atoms with Crippen molar-refractivity contribution in [2.24, 2.45) is 22.4 Å². The molecule has 0 saturated carbocycles. The molecule has 0 aliphatic rings. The Hall–Kier alpha value is -0.200. The van der Waals surface area contributed by atoms with E-state index in [0.29, 0.717) is 6.54 Å². The van der Waals surface area contributed by atoms with Crippen molar-refractivity contribution >= 4 is 33.7 Å². The van der Waals surface area contributed by atoms with Gasteiger partial charge >= 0.3 is 0 Å². The average molecular weight is 235 g/mol. The summed E-state index contributed by atoms with van der Waals surface area (Å²) < 4.78 is 0. The zero-order valence-corrected chi connectivity index (χ0v) is 9.94. The van der Waals surface area contributed by atoms with Gasteiger partial charge in [0.15, 0.2) is 0 Å². The molecule has 1 atom stereocenters. The summed E-state index contributed by atoms with van der Waals surface area (Å²) in [6.07, 6.45) is 1.61. The Morgan fingerprint density at radius 3 is 2.71 bits per heavy atom. The average Bonchev–Trinajstić information content (AvgIpc) is 2.16. The summed E-state index contributed by atoms with van der Waals surface area (Å²) in [5, 5.41) is 0. The highest BCUT2D eigenvalue weighted by atomic mass is 33.1. The summed E-state index contributed by atoms with van der Waals surface area (Å²) in [6.45, 7) is 3.17. The van der Waals surface area contributed by atoms with Crippen LogP contribution < -0.4 is 11.5 Å². The molecule has 4 nitrogen and oxygen atoms in total. The SMILES string of the molecule is CC(C=NCCSSCCN)C(N)=O. The van der Waals surface area contributed by atoms with Crippen LogP contribution in [-0.2, 0) is 4.79 Å². The van der Waals surface area contributed by atoms with Crippen molar-refractivity contribution in [2.45, 2.75) is 6.92 Å². The first kappa shape index (κ1) is 13.8. The van der Waals surface area contributed by atoms with Gasteiger partial charge in [0.05, 0.1) is 5.92 Å². The van der Waals surface area contributed by atoms with E-state index in [9.17, 15) is 4.79 Å². The van der Waals surface area contributed by atoms with Gasteiger partial charge < -0.3 is 11.5 Å². The van der Waals surface area contributed by atoms with Crippen LogP contribution in [0.2, 0.25) is 0 Å². The van der Waals surface area contributed by atoms with Crippen molar-refractivity contribution in [3.8, 4) is 0 Å². The zero-order chi connectivity index (χ0) is 10.8. The number of carbonyl (C=O) groups excluding carboxylic acids is 1. The standard InChI is InChI=1S/C8H17N3OS2/c1-7(8(10)12)6-11-3-5-14-13-4-2-9/h6-7H,2-5,9H2,1H3,(H2,10,12). The quantitative estimate of drug-likeness (QED) is 0.365. The zero-order valence-electron chi connectivity index (χ0n) is 8.31. The van der Waals surface area contributed by atoms with Crippen LogP contribution in [0.5, 0.6) is 0 Å². The lowest BCUT2D eigenvalue weighted by molar-refractivity contribution is -0.119. The van der Waals surface area contributed by atoms with Gasteiger partial charge in [-0.15, -0.1) is 0 Å². The fourth-order valence-electron chi connectivity index (χ4n) is 0.562. The van der Waals surface area contributed by atoms with Crippen LogP contribution in [0.3, 0.4) is 0 Å². The maximum absolute atomic E-state index is 10.6. The van der Waals surface area contributed by atoms with Gasteiger partial charge in [-0.25, -0.2) is 0 Å². The largest absolute Gasteiger partial charge is 0.369 e. The van der Waals surface area contributed by atoms with Crippen molar-refractivity contribution in [3.63, 3.8) is 0 Å². The molecule has 0 aromatic rings. The molecule has 0 bridgehead atoms. The van der Waals surface area contributed by atoms with Gasteiger partial charge in [0.1, 0.15) is 0 Å². The fourth-order valence-corrected chi connectivity index (χ4v) is 2.29. The van der Waals surface area contributed by atoms with E-state index in [-0.39, 0.29) is 11.8 Å². The van der Waals surface area contributed by atoms with E-state index in [2.05, 4.69) is 4.99 Å². The van der Waals surface area contributed by atoms with Crippen molar-refractivity contribution in [1.29, 1.82) is 0 Å². The Labute approximate surface area is 92.7 Å². The monoisotopic (exact) mass is 235 g/mol. The van der Waals surface area contributed by atoms with E-state index in [4.69, 9.17) is 11.5 Å². The molecule has 1 amide bonds. The van der Waals surface area contributed by atoms with E-state index in [1.807, 2.05) is 0 Å². The maximum Gasteiger partial charge on any atom is 0.225 e. The van der Waals surface area contributed by atoms with Crippen molar-refractivity contribution in [2.75, 3.05) is 24.6 Å². The Morgan fingerprint density at radius 2 is 2.14 bits per heavy atom. The van der Waals surface area contributed by atoms with Crippen LogP contribution in [0, 0.1) is 5.92 Å². The van der Waals surface area contributed by atoms with Gasteiger partial charge in [0, 0.05) is 30.8 Å². The first-order valence-corrected chi connectivity index (χ1v) is 6.91. The molecule has 0 aromatic carbocycles. The van der Waals surface area contributed by atoms with Crippen LogP contribution in [0.25, 0.3) is 0 Å². The first-order valence-electron chi connectivity index (χ1n) is 4.42. The molecular weight excluding hydrogens is 218 g/mol. The Kier molecular flexibility index (Phi) is 9.23. The molecule has 0 spiro atoms. The highest BCUT2D eigenvalue weighted by molar-refractivity contribution is 8.76. The number of hydrogen-bond acceptors (Lipinski definition) is 5. The second-order valence-corrected chi connectivity index (χ2v) is 5.38. The van der Waals surface area contributed by atoms with Crippen molar-refractivity contribution in [1.82, 2.24) is 0 Å². The molecule has 0 aliphatic carbocycles. The molecule has 1 unspecified atom stereocenters. The van der Waals surface area contributed by atoms with Crippen molar-refractivity contribution < 1.29 is 4.79 Å². The molecule has 0 rings (SSSR count). The number of nitrogens with two attached hydrogens (primary N) is 2. The normalized spacial score (nSPS) is 13.3. The smallest absolute Gasteiger partial charge is 0.225 e. The summed E-state index contributed by atoms with van der Waals surface area (Å²) in [5.41, 5.74) is 10.4. The van der Waals surface area contributed by atoms with E-state index in [1.54, 1.807) is 34.7 Å². The highest BCUT2D eigenvalue weighted by Gasteiger charge is 2.02. The minimum Gasteiger partial charge on any atom is -0.369 e. The third-order valence-electron chi connectivity index (χ3n) is 1.37. The topological polar surface area (TPSA) is 81.5 Å². The Bertz CT molecular complexity index is 187.